The average molecular weight is 301 g/mol. The fourth-order valence-electron chi connectivity index (χ4n) is 2.01. The first kappa shape index (κ1) is 11.7. The second kappa shape index (κ2) is 4.50. The molecule has 0 amide bonds. The van der Waals surface area contributed by atoms with Crippen molar-refractivity contribution in [3.63, 3.8) is 0 Å². The van der Waals surface area contributed by atoms with Crippen molar-refractivity contribution < 1.29 is 4.39 Å². The molecule has 2 heterocycles. The van der Waals surface area contributed by atoms with Crippen molar-refractivity contribution >= 4 is 53.9 Å². The Kier molecular flexibility index (Phi) is 2.64. The van der Waals surface area contributed by atoms with Crippen LogP contribution in [-0.4, -0.2) is 9.97 Å². The molecule has 0 bridgehead atoms. The van der Waals surface area contributed by atoms with E-state index < -0.39 is 0 Å². The van der Waals surface area contributed by atoms with Crippen LogP contribution < -0.4 is 5.32 Å². The van der Waals surface area contributed by atoms with Crippen molar-refractivity contribution in [1.82, 2.24) is 9.97 Å². The number of nitrogens with zero attached hydrogens (tertiary/aromatic N) is 2. The van der Waals surface area contributed by atoms with Crippen molar-refractivity contribution in [1.29, 1.82) is 0 Å². The van der Waals surface area contributed by atoms with Crippen LogP contribution in [0.25, 0.3) is 20.4 Å². The van der Waals surface area contributed by atoms with E-state index in [-0.39, 0.29) is 5.82 Å². The average Bonchev–Trinajstić information content (AvgIpc) is 3.03. The van der Waals surface area contributed by atoms with Gasteiger partial charge in [-0.1, -0.05) is 11.3 Å². The van der Waals surface area contributed by atoms with Crippen LogP contribution in [0, 0.1) is 5.82 Å². The van der Waals surface area contributed by atoms with Gasteiger partial charge in [-0.2, -0.15) is 0 Å². The van der Waals surface area contributed by atoms with Gasteiger partial charge in [-0.05, 0) is 36.4 Å². The van der Waals surface area contributed by atoms with Crippen molar-refractivity contribution in [3.8, 4) is 0 Å². The number of anilines is 2. The summed E-state index contributed by atoms with van der Waals surface area (Å²) in [5, 5.41) is 4.02. The molecular formula is C14H8FN3S2. The molecule has 0 fully saturated rings. The Morgan fingerprint density at radius 1 is 1.00 bits per heavy atom. The van der Waals surface area contributed by atoms with E-state index in [1.54, 1.807) is 17.4 Å². The molecule has 0 atom stereocenters. The molecule has 98 valence electrons. The van der Waals surface area contributed by atoms with Crippen molar-refractivity contribution in [2.24, 2.45) is 0 Å². The lowest BCUT2D eigenvalue weighted by atomic mass is 10.3. The van der Waals surface area contributed by atoms with Gasteiger partial charge in [-0.15, -0.1) is 11.3 Å². The molecule has 4 rings (SSSR count). The summed E-state index contributed by atoms with van der Waals surface area (Å²) in [4.78, 5) is 8.69. The van der Waals surface area contributed by atoms with Crippen molar-refractivity contribution in [2.75, 3.05) is 5.32 Å². The Balaban J connectivity index is 1.72. The molecule has 4 aromatic rings. The summed E-state index contributed by atoms with van der Waals surface area (Å²) in [5.41, 5.74) is 4.58. The molecule has 6 heteroatoms. The highest BCUT2D eigenvalue weighted by molar-refractivity contribution is 7.22. The van der Waals surface area contributed by atoms with Crippen LogP contribution in [0.2, 0.25) is 0 Å². The van der Waals surface area contributed by atoms with Crippen molar-refractivity contribution in [2.45, 2.75) is 0 Å². The number of rotatable bonds is 2. The van der Waals surface area contributed by atoms with E-state index in [0.717, 1.165) is 31.3 Å². The summed E-state index contributed by atoms with van der Waals surface area (Å²) >= 11 is 3.04. The first-order valence-corrected chi connectivity index (χ1v) is 7.64. The number of hydrogen-bond donors (Lipinski definition) is 1. The summed E-state index contributed by atoms with van der Waals surface area (Å²) in [6.07, 6.45) is 0. The fourth-order valence-corrected chi connectivity index (χ4v) is 3.64. The molecule has 2 aromatic carbocycles. The van der Waals surface area contributed by atoms with E-state index in [0.29, 0.717) is 0 Å². The van der Waals surface area contributed by atoms with Gasteiger partial charge in [0, 0.05) is 5.69 Å². The first-order valence-electron chi connectivity index (χ1n) is 5.94. The molecule has 3 nitrogen and oxygen atoms in total. The smallest absolute Gasteiger partial charge is 0.188 e. The Morgan fingerprint density at radius 3 is 2.85 bits per heavy atom. The maximum atomic E-state index is 13.2. The number of hydrogen-bond acceptors (Lipinski definition) is 5. The number of fused-ring (bicyclic) bond motifs is 2. The Labute approximate surface area is 121 Å². The van der Waals surface area contributed by atoms with E-state index >= 15 is 0 Å². The van der Waals surface area contributed by atoms with Crippen LogP contribution in [0.4, 0.5) is 15.2 Å². The Hall–Kier alpha value is -2.05. The second-order valence-electron chi connectivity index (χ2n) is 4.29. The molecule has 20 heavy (non-hydrogen) atoms. The summed E-state index contributed by atoms with van der Waals surface area (Å²) in [5.74, 6) is -0.237. The second-order valence-corrected chi connectivity index (χ2v) is 6.21. The largest absolute Gasteiger partial charge is 0.331 e. The SMILES string of the molecule is Fc1ccc2nc(Nc3ccc4ncsc4c3)sc2c1. The van der Waals surface area contributed by atoms with Gasteiger partial charge in [0.25, 0.3) is 0 Å². The summed E-state index contributed by atoms with van der Waals surface area (Å²) < 4.78 is 15.1. The number of nitrogens with one attached hydrogen (secondary N) is 1. The number of thiazole rings is 2. The van der Waals surface area contributed by atoms with Gasteiger partial charge < -0.3 is 5.32 Å². The molecule has 2 aromatic heterocycles. The predicted octanol–water partition coefficient (Wildman–Crippen LogP) is 4.79. The summed E-state index contributed by atoms with van der Waals surface area (Å²) in [7, 11) is 0. The third kappa shape index (κ3) is 2.03. The van der Waals surface area contributed by atoms with Gasteiger partial charge in [-0.3, -0.25) is 0 Å². The number of halogens is 1. The van der Waals surface area contributed by atoms with Crippen LogP contribution in [-0.2, 0) is 0 Å². The van der Waals surface area contributed by atoms with Crippen LogP contribution >= 0.6 is 22.7 Å². The van der Waals surface area contributed by atoms with E-state index in [1.165, 1.54) is 23.5 Å². The van der Waals surface area contributed by atoms with Crippen LogP contribution in [0.15, 0.2) is 41.9 Å². The van der Waals surface area contributed by atoms with Gasteiger partial charge in [0.15, 0.2) is 5.13 Å². The lowest BCUT2D eigenvalue weighted by Crippen LogP contribution is -1.88. The topological polar surface area (TPSA) is 37.8 Å². The molecule has 0 aliphatic heterocycles. The highest BCUT2D eigenvalue weighted by Gasteiger charge is 2.06. The zero-order valence-electron chi connectivity index (χ0n) is 10.1. The van der Waals surface area contributed by atoms with E-state index in [2.05, 4.69) is 15.3 Å². The van der Waals surface area contributed by atoms with Crippen molar-refractivity contribution in [3.05, 3.63) is 47.7 Å². The molecule has 1 N–H and O–H groups in total. The third-order valence-electron chi connectivity index (χ3n) is 2.93. The maximum Gasteiger partial charge on any atom is 0.188 e. The molecular weight excluding hydrogens is 293 g/mol. The van der Waals surface area contributed by atoms with Crippen LogP contribution in [0.1, 0.15) is 0 Å². The first-order chi connectivity index (χ1) is 9.78. The summed E-state index contributed by atoms with van der Waals surface area (Å²) in [6, 6.07) is 10.6. The Morgan fingerprint density at radius 2 is 1.90 bits per heavy atom. The van der Waals surface area contributed by atoms with E-state index in [9.17, 15) is 4.39 Å². The fraction of sp³-hybridized carbons (Fsp3) is 0. The monoisotopic (exact) mass is 301 g/mol. The lowest BCUT2D eigenvalue weighted by molar-refractivity contribution is 0.630. The molecule has 0 saturated carbocycles. The molecule has 0 radical (unpaired) electrons. The molecule has 0 spiro atoms. The molecule has 0 aliphatic carbocycles. The normalized spacial score (nSPS) is 11.2. The van der Waals surface area contributed by atoms with Gasteiger partial charge in [0.05, 0.1) is 25.9 Å². The minimum Gasteiger partial charge on any atom is -0.331 e. The third-order valence-corrected chi connectivity index (χ3v) is 4.66. The quantitative estimate of drug-likeness (QED) is 0.578. The highest BCUT2D eigenvalue weighted by Crippen LogP contribution is 2.30. The predicted molar refractivity (Wildman–Crippen MR) is 82.5 cm³/mol. The summed E-state index contributed by atoms with van der Waals surface area (Å²) in [6.45, 7) is 0. The zero-order chi connectivity index (χ0) is 13.5. The van der Waals surface area contributed by atoms with Gasteiger partial charge >= 0.3 is 0 Å². The van der Waals surface area contributed by atoms with Crippen LogP contribution in [0.3, 0.4) is 0 Å². The zero-order valence-corrected chi connectivity index (χ0v) is 11.8. The van der Waals surface area contributed by atoms with Gasteiger partial charge in [0.2, 0.25) is 0 Å². The van der Waals surface area contributed by atoms with Gasteiger partial charge in [0.1, 0.15) is 5.82 Å². The highest BCUT2D eigenvalue weighted by atomic mass is 32.1. The number of benzene rings is 2. The lowest BCUT2D eigenvalue weighted by Gasteiger charge is -2.01. The standard InChI is InChI=1S/C14H8FN3S2/c15-8-1-3-11-13(5-8)20-14(18-11)17-9-2-4-10-12(6-9)19-7-16-10/h1-7H,(H,17,18). The van der Waals surface area contributed by atoms with E-state index in [4.69, 9.17) is 0 Å². The molecule has 0 saturated heterocycles. The van der Waals surface area contributed by atoms with Crippen LogP contribution in [0.5, 0.6) is 0 Å². The number of aromatic nitrogens is 2. The Bertz CT molecular complexity index is 913. The minimum atomic E-state index is -0.237. The van der Waals surface area contributed by atoms with Gasteiger partial charge in [-0.25, -0.2) is 14.4 Å². The minimum absolute atomic E-state index is 0.237. The molecule has 0 aliphatic rings. The molecule has 0 unspecified atom stereocenters. The maximum absolute atomic E-state index is 13.2. The van der Waals surface area contributed by atoms with E-state index in [1.807, 2.05) is 23.7 Å².